The Morgan fingerprint density at radius 2 is 2.12 bits per heavy atom. The number of imide groups is 1. The van der Waals surface area contributed by atoms with Crippen LogP contribution < -0.4 is 5.32 Å². The first-order valence-corrected chi connectivity index (χ1v) is 6.53. The molecule has 2 amide bonds. The van der Waals surface area contributed by atoms with Crippen LogP contribution in [0.4, 0.5) is 0 Å². The number of amides is 2. The lowest BCUT2D eigenvalue weighted by Gasteiger charge is -2.25. The Balaban J connectivity index is 2.01. The normalized spacial score (nSPS) is 27.6. The molecule has 2 saturated heterocycles. The van der Waals surface area contributed by atoms with Crippen LogP contribution in [0.15, 0.2) is 0 Å². The maximum absolute atomic E-state index is 12.2. The molecule has 2 fully saturated rings. The lowest BCUT2D eigenvalue weighted by atomic mass is 10.2. The first kappa shape index (κ1) is 12.5. The average molecular weight is 239 g/mol. The fraction of sp³-hybridized carbons (Fsp3) is 0.833. The number of carbonyl (C=O) groups excluding carboxylic acids is 2. The standard InChI is InChI=1S/C12H21N3O2/c1-2-6-15-11(16)9-10(12(15)17)14-7-3-4-13-5-8-14/h10,13H,2-9H2,1H3. The summed E-state index contributed by atoms with van der Waals surface area (Å²) in [5.74, 6) is 0.0119. The van der Waals surface area contributed by atoms with Gasteiger partial charge in [-0.25, -0.2) is 0 Å². The summed E-state index contributed by atoms with van der Waals surface area (Å²) in [7, 11) is 0. The molecule has 5 nitrogen and oxygen atoms in total. The van der Waals surface area contributed by atoms with E-state index in [1.165, 1.54) is 4.90 Å². The van der Waals surface area contributed by atoms with Crippen molar-refractivity contribution >= 4 is 11.8 Å². The minimum Gasteiger partial charge on any atom is -0.315 e. The Morgan fingerprint density at radius 3 is 2.88 bits per heavy atom. The Hall–Kier alpha value is -0.940. The van der Waals surface area contributed by atoms with Crippen molar-refractivity contribution in [1.29, 1.82) is 0 Å². The Morgan fingerprint density at radius 1 is 1.29 bits per heavy atom. The summed E-state index contributed by atoms with van der Waals surface area (Å²) in [6.45, 7) is 6.25. The second-order valence-electron chi connectivity index (χ2n) is 4.74. The van der Waals surface area contributed by atoms with Gasteiger partial charge in [0, 0.05) is 26.2 Å². The summed E-state index contributed by atoms with van der Waals surface area (Å²) >= 11 is 0. The van der Waals surface area contributed by atoms with Crippen molar-refractivity contribution in [3.05, 3.63) is 0 Å². The predicted molar refractivity (Wildman–Crippen MR) is 64.5 cm³/mol. The van der Waals surface area contributed by atoms with E-state index in [2.05, 4.69) is 10.2 Å². The molecule has 2 rings (SSSR count). The van der Waals surface area contributed by atoms with Gasteiger partial charge < -0.3 is 5.32 Å². The van der Waals surface area contributed by atoms with E-state index in [0.717, 1.165) is 39.0 Å². The number of likely N-dealkylation sites (tertiary alicyclic amines) is 1. The first-order valence-electron chi connectivity index (χ1n) is 6.53. The van der Waals surface area contributed by atoms with Crippen molar-refractivity contribution < 1.29 is 9.59 Å². The van der Waals surface area contributed by atoms with Crippen molar-refractivity contribution in [1.82, 2.24) is 15.1 Å². The molecule has 0 aromatic rings. The average Bonchev–Trinajstić information content (AvgIpc) is 2.55. The molecule has 5 heteroatoms. The van der Waals surface area contributed by atoms with Crippen molar-refractivity contribution in [2.24, 2.45) is 0 Å². The van der Waals surface area contributed by atoms with Crippen LogP contribution in [0.3, 0.4) is 0 Å². The molecule has 0 aromatic carbocycles. The van der Waals surface area contributed by atoms with Crippen molar-refractivity contribution in [2.45, 2.75) is 32.2 Å². The van der Waals surface area contributed by atoms with Gasteiger partial charge >= 0.3 is 0 Å². The molecule has 1 unspecified atom stereocenters. The maximum atomic E-state index is 12.2. The van der Waals surface area contributed by atoms with Gasteiger partial charge in [0.25, 0.3) is 0 Å². The first-order chi connectivity index (χ1) is 8.24. The zero-order valence-corrected chi connectivity index (χ0v) is 10.4. The van der Waals surface area contributed by atoms with Gasteiger partial charge in [-0.2, -0.15) is 0 Å². The number of hydrogen-bond donors (Lipinski definition) is 1. The van der Waals surface area contributed by atoms with Crippen LogP contribution in [0.1, 0.15) is 26.2 Å². The Kier molecular flexibility index (Phi) is 4.12. The molecule has 1 N–H and O–H groups in total. The quantitative estimate of drug-likeness (QED) is 0.694. The summed E-state index contributed by atoms with van der Waals surface area (Å²) in [6.07, 6.45) is 2.26. The van der Waals surface area contributed by atoms with E-state index < -0.39 is 0 Å². The minimum absolute atomic E-state index is 0.000874. The zero-order chi connectivity index (χ0) is 12.3. The molecular formula is C12H21N3O2. The summed E-state index contributed by atoms with van der Waals surface area (Å²) < 4.78 is 0. The third-order valence-electron chi connectivity index (χ3n) is 3.48. The number of nitrogens with one attached hydrogen (secondary N) is 1. The fourth-order valence-corrected chi connectivity index (χ4v) is 2.59. The molecule has 0 bridgehead atoms. The highest BCUT2D eigenvalue weighted by atomic mass is 16.2. The van der Waals surface area contributed by atoms with E-state index in [9.17, 15) is 9.59 Å². The van der Waals surface area contributed by atoms with E-state index in [0.29, 0.717) is 13.0 Å². The number of rotatable bonds is 3. The highest BCUT2D eigenvalue weighted by molar-refractivity contribution is 6.05. The monoisotopic (exact) mass is 239 g/mol. The molecule has 2 aliphatic heterocycles. The van der Waals surface area contributed by atoms with Crippen molar-refractivity contribution in [3.8, 4) is 0 Å². The van der Waals surface area contributed by atoms with Crippen LogP contribution in [0.5, 0.6) is 0 Å². The highest BCUT2D eigenvalue weighted by Crippen LogP contribution is 2.19. The molecule has 2 aliphatic rings. The summed E-state index contributed by atoms with van der Waals surface area (Å²) in [4.78, 5) is 27.5. The van der Waals surface area contributed by atoms with E-state index in [1.54, 1.807) is 0 Å². The molecule has 2 heterocycles. The molecule has 0 radical (unpaired) electrons. The second-order valence-corrected chi connectivity index (χ2v) is 4.74. The van der Waals surface area contributed by atoms with Crippen LogP contribution >= 0.6 is 0 Å². The SMILES string of the molecule is CCCN1C(=O)CC(N2CCCNCC2)C1=O. The molecule has 0 aromatic heterocycles. The van der Waals surface area contributed by atoms with Crippen LogP contribution in [0, 0.1) is 0 Å². The van der Waals surface area contributed by atoms with Gasteiger partial charge in [-0.15, -0.1) is 0 Å². The van der Waals surface area contributed by atoms with E-state index in [4.69, 9.17) is 0 Å². The number of hydrogen-bond acceptors (Lipinski definition) is 4. The Bertz CT molecular complexity index is 298. The van der Waals surface area contributed by atoms with Gasteiger partial charge in [0.05, 0.1) is 12.5 Å². The van der Waals surface area contributed by atoms with Crippen LogP contribution in [-0.2, 0) is 9.59 Å². The molecule has 0 saturated carbocycles. The molecule has 96 valence electrons. The van der Waals surface area contributed by atoms with E-state index in [1.807, 2.05) is 6.92 Å². The zero-order valence-electron chi connectivity index (χ0n) is 10.4. The summed E-state index contributed by atoms with van der Waals surface area (Å²) in [5.41, 5.74) is 0. The van der Waals surface area contributed by atoms with Crippen LogP contribution in [-0.4, -0.2) is 60.4 Å². The van der Waals surface area contributed by atoms with E-state index >= 15 is 0 Å². The fourth-order valence-electron chi connectivity index (χ4n) is 2.59. The van der Waals surface area contributed by atoms with Crippen molar-refractivity contribution in [3.63, 3.8) is 0 Å². The second kappa shape index (κ2) is 5.60. The number of nitrogens with zero attached hydrogens (tertiary/aromatic N) is 2. The molecule has 1 atom stereocenters. The predicted octanol–water partition coefficient (Wildman–Crippen LogP) is -0.181. The lowest BCUT2D eigenvalue weighted by molar-refractivity contribution is -0.139. The lowest BCUT2D eigenvalue weighted by Crippen LogP contribution is -2.43. The molecular weight excluding hydrogens is 218 g/mol. The highest BCUT2D eigenvalue weighted by Gasteiger charge is 2.41. The van der Waals surface area contributed by atoms with Gasteiger partial charge in [0.2, 0.25) is 11.8 Å². The summed E-state index contributed by atoms with van der Waals surface area (Å²) in [5, 5.41) is 3.31. The molecule has 0 spiro atoms. The van der Waals surface area contributed by atoms with E-state index in [-0.39, 0.29) is 17.9 Å². The number of carbonyl (C=O) groups is 2. The van der Waals surface area contributed by atoms with Crippen LogP contribution in [0.2, 0.25) is 0 Å². The van der Waals surface area contributed by atoms with Gasteiger partial charge in [0.15, 0.2) is 0 Å². The van der Waals surface area contributed by atoms with Crippen LogP contribution in [0.25, 0.3) is 0 Å². The third kappa shape index (κ3) is 2.66. The minimum atomic E-state index is -0.200. The Labute approximate surface area is 102 Å². The van der Waals surface area contributed by atoms with Crippen molar-refractivity contribution in [2.75, 3.05) is 32.7 Å². The smallest absolute Gasteiger partial charge is 0.247 e. The topological polar surface area (TPSA) is 52.7 Å². The van der Waals surface area contributed by atoms with Gasteiger partial charge in [-0.3, -0.25) is 19.4 Å². The van der Waals surface area contributed by atoms with Gasteiger partial charge in [0.1, 0.15) is 0 Å². The third-order valence-corrected chi connectivity index (χ3v) is 3.48. The molecule has 0 aliphatic carbocycles. The summed E-state index contributed by atoms with van der Waals surface area (Å²) in [6, 6.07) is -0.200. The largest absolute Gasteiger partial charge is 0.315 e. The van der Waals surface area contributed by atoms with Gasteiger partial charge in [-0.1, -0.05) is 6.92 Å². The maximum Gasteiger partial charge on any atom is 0.247 e. The van der Waals surface area contributed by atoms with Gasteiger partial charge in [-0.05, 0) is 19.4 Å². The molecule has 17 heavy (non-hydrogen) atoms.